The zero-order chi connectivity index (χ0) is 18.7. The number of thiophene rings is 1. The predicted octanol–water partition coefficient (Wildman–Crippen LogP) is 2.92. The summed E-state index contributed by atoms with van der Waals surface area (Å²) in [4.78, 5) is 37.2. The molecule has 26 heavy (non-hydrogen) atoms. The summed E-state index contributed by atoms with van der Waals surface area (Å²) >= 11 is 1.39. The molecule has 6 nitrogen and oxygen atoms in total. The molecule has 0 bridgehead atoms. The highest BCUT2D eigenvalue weighted by Crippen LogP contribution is 2.31. The molecule has 0 radical (unpaired) electrons. The summed E-state index contributed by atoms with van der Waals surface area (Å²) in [6.07, 6.45) is 3.68. The van der Waals surface area contributed by atoms with Crippen LogP contribution < -0.4 is 10.6 Å². The number of carboxylic acid groups (broad SMARTS) is 1. The van der Waals surface area contributed by atoms with Crippen LogP contribution in [-0.4, -0.2) is 34.5 Å². The van der Waals surface area contributed by atoms with Crippen LogP contribution in [0.5, 0.6) is 0 Å². The van der Waals surface area contributed by atoms with Crippen molar-refractivity contribution in [1.82, 2.24) is 10.6 Å². The molecule has 0 spiro atoms. The molecule has 1 aromatic heterocycles. The number of hydrogen-bond donors (Lipinski definition) is 3. The van der Waals surface area contributed by atoms with E-state index in [4.69, 9.17) is 5.11 Å². The fourth-order valence-electron chi connectivity index (χ4n) is 3.33. The summed E-state index contributed by atoms with van der Waals surface area (Å²) in [5.74, 6) is -1.80. The monoisotopic (exact) mass is 374 g/mol. The average molecular weight is 374 g/mol. The molecule has 7 heteroatoms. The first kappa shape index (κ1) is 18.4. The lowest BCUT2D eigenvalue weighted by molar-refractivity contribution is -0.142. The van der Waals surface area contributed by atoms with Crippen LogP contribution >= 0.6 is 11.3 Å². The van der Waals surface area contributed by atoms with Gasteiger partial charge in [-0.3, -0.25) is 14.4 Å². The lowest BCUT2D eigenvalue weighted by Gasteiger charge is -2.37. The first-order valence-electron chi connectivity index (χ1n) is 8.76. The molecule has 0 unspecified atom stereocenters. The molecule has 1 fully saturated rings. The van der Waals surface area contributed by atoms with E-state index >= 15 is 0 Å². The van der Waals surface area contributed by atoms with E-state index in [9.17, 15) is 14.4 Å². The molecule has 3 rings (SSSR count). The topological polar surface area (TPSA) is 95.5 Å². The Morgan fingerprint density at radius 2 is 1.85 bits per heavy atom. The van der Waals surface area contributed by atoms with Gasteiger partial charge in [-0.1, -0.05) is 37.5 Å². The maximum absolute atomic E-state index is 12.8. The Bertz CT molecular complexity index is 806. The number of benzene rings is 1. The standard InChI is InChI=1S/C19H22N2O4S/c1-12(17(23)24)20-18(25)19(9-5-2-6-10-19)21-16(22)15-11-13-7-3-4-8-14(13)26-15/h3-4,7-8,11-12H,2,5-6,9-10H2,1H3,(H,20,25)(H,21,22)(H,23,24)/t12-/m0/s1. The Hall–Kier alpha value is -2.41. The second kappa shape index (κ2) is 7.45. The normalized spacial score (nSPS) is 17.4. The molecule has 2 aromatic rings. The van der Waals surface area contributed by atoms with E-state index < -0.39 is 23.5 Å². The van der Waals surface area contributed by atoms with Gasteiger partial charge in [0, 0.05) is 4.70 Å². The molecular formula is C19H22N2O4S. The molecule has 3 N–H and O–H groups in total. The molecule has 1 aliphatic carbocycles. The molecule has 1 saturated carbocycles. The Balaban J connectivity index is 1.82. The largest absolute Gasteiger partial charge is 0.480 e. The van der Waals surface area contributed by atoms with Gasteiger partial charge in [0.15, 0.2) is 0 Å². The van der Waals surface area contributed by atoms with E-state index in [1.54, 1.807) is 0 Å². The van der Waals surface area contributed by atoms with Gasteiger partial charge >= 0.3 is 5.97 Å². The second-order valence-corrected chi connectivity index (χ2v) is 7.86. The quantitative estimate of drug-likeness (QED) is 0.750. The second-order valence-electron chi connectivity index (χ2n) is 6.78. The minimum Gasteiger partial charge on any atom is -0.480 e. The maximum atomic E-state index is 12.8. The SMILES string of the molecule is C[C@H](NC(=O)C1(NC(=O)c2cc3ccccc3s2)CCCCC1)C(=O)O. The zero-order valence-corrected chi connectivity index (χ0v) is 15.4. The number of aliphatic carboxylic acids is 1. The van der Waals surface area contributed by atoms with Crippen molar-refractivity contribution in [3.05, 3.63) is 35.2 Å². The van der Waals surface area contributed by atoms with E-state index in [-0.39, 0.29) is 5.91 Å². The molecule has 1 atom stereocenters. The third kappa shape index (κ3) is 3.72. The van der Waals surface area contributed by atoms with Crippen molar-refractivity contribution in [2.45, 2.75) is 50.6 Å². The van der Waals surface area contributed by atoms with Crippen LogP contribution in [0.25, 0.3) is 10.1 Å². The molecule has 2 amide bonds. The summed E-state index contributed by atoms with van der Waals surface area (Å²) in [5.41, 5.74) is -1.05. The average Bonchev–Trinajstić information content (AvgIpc) is 3.06. The van der Waals surface area contributed by atoms with Gasteiger partial charge in [0.05, 0.1) is 4.88 Å². The van der Waals surface area contributed by atoms with Crippen LogP contribution in [0, 0.1) is 0 Å². The van der Waals surface area contributed by atoms with Crippen LogP contribution in [0.2, 0.25) is 0 Å². The predicted molar refractivity (Wildman–Crippen MR) is 100 cm³/mol. The van der Waals surface area contributed by atoms with Gasteiger partial charge in [0.25, 0.3) is 5.91 Å². The van der Waals surface area contributed by atoms with Gasteiger partial charge in [-0.2, -0.15) is 0 Å². The van der Waals surface area contributed by atoms with Crippen LogP contribution in [0.15, 0.2) is 30.3 Å². The Morgan fingerprint density at radius 3 is 2.50 bits per heavy atom. The van der Waals surface area contributed by atoms with Crippen LogP contribution in [0.1, 0.15) is 48.7 Å². The maximum Gasteiger partial charge on any atom is 0.325 e. The smallest absolute Gasteiger partial charge is 0.325 e. The molecular weight excluding hydrogens is 352 g/mol. The van der Waals surface area contributed by atoms with Gasteiger partial charge in [-0.15, -0.1) is 11.3 Å². The molecule has 138 valence electrons. The number of carbonyl (C=O) groups is 3. The summed E-state index contributed by atoms with van der Waals surface area (Å²) < 4.78 is 1.01. The lowest BCUT2D eigenvalue weighted by atomic mass is 9.80. The highest BCUT2D eigenvalue weighted by Gasteiger charge is 2.42. The van der Waals surface area contributed by atoms with E-state index in [1.807, 2.05) is 30.3 Å². The van der Waals surface area contributed by atoms with E-state index in [0.29, 0.717) is 17.7 Å². The highest BCUT2D eigenvalue weighted by atomic mass is 32.1. The van der Waals surface area contributed by atoms with E-state index in [0.717, 1.165) is 29.3 Å². The van der Waals surface area contributed by atoms with E-state index in [1.165, 1.54) is 18.3 Å². The number of rotatable bonds is 5. The van der Waals surface area contributed by atoms with E-state index in [2.05, 4.69) is 10.6 Å². The molecule has 0 aliphatic heterocycles. The van der Waals surface area contributed by atoms with Crippen molar-refractivity contribution < 1.29 is 19.5 Å². The molecule has 1 aromatic carbocycles. The fraction of sp³-hybridized carbons (Fsp3) is 0.421. The van der Waals surface area contributed by atoms with Crippen molar-refractivity contribution >= 4 is 39.2 Å². The third-order valence-corrected chi connectivity index (χ3v) is 5.98. The number of amides is 2. The van der Waals surface area contributed by atoms with Crippen molar-refractivity contribution in [3.63, 3.8) is 0 Å². The zero-order valence-electron chi connectivity index (χ0n) is 14.6. The minimum absolute atomic E-state index is 0.286. The number of fused-ring (bicyclic) bond motifs is 1. The van der Waals surface area contributed by atoms with Crippen LogP contribution in [-0.2, 0) is 9.59 Å². The van der Waals surface area contributed by atoms with Crippen molar-refractivity contribution in [3.8, 4) is 0 Å². The fourth-order valence-corrected chi connectivity index (χ4v) is 4.29. The van der Waals surface area contributed by atoms with Crippen molar-refractivity contribution in [2.75, 3.05) is 0 Å². The Morgan fingerprint density at radius 1 is 1.15 bits per heavy atom. The van der Waals surface area contributed by atoms with Gasteiger partial charge in [0.1, 0.15) is 11.6 Å². The number of carboxylic acids is 1. The summed E-state index contributed by atoms with van der Waals surface area (Å²) in [5, 5.41) is 15.5. The van der Waals surface area contributed by atoms with Gasteiger partial charge in [0.2, 0.25) is 5.91 Å². The van der Waals surface area contributed by atoms with Gasteiger partial charge in [-0.05, 0) is 37.3 Å². The molecule has 0 saturated heterocycles. The Labute approximate surface area is 155 Å². The lowest BCUT2D eigenvalue weighted by Crippen LogP contribution is -2.61. The van der Waals surface area contributed by atoms with Gasteiger partial charge in [-0.25, -0.2) is 0 Å². The molecule has 1 heterocycles. The van der Waals surface area contributed by atoms with Gasteiger partial charge < -0.3 is 15.7 Å². The number of carbonyl (C=O) groups excluding carboxylic acids is 2. The number of hydrogen-bond acceptors (Lipinski definition) is 4. The summed E-state index contributed by atoms with van der Waals surface area (Å²) in [7, 11) is 0. The van der Waals surface area contributed by atoms with Crippen molar-refractivity contribution in [2.24, 2.45) is 0 Å². The van der Waals surface area contributed by atoms with Crippen LogP contribution in [0.3, 0.4) is 0 Å². The first-order valence-corrected chi connectivity index (χ1v) is 9.58. The summed E-state index contributed by atoms with van der Waals surface area (Å²) in [6, 6.07) is 8.56. The van der Waals surface area contributed by atoms with Crippen molar-refractivity contribution in [1.29, 1.82) is 0 Å². The third-order valence-electron chi connectivity index (χ3n) is 4.86. The highest BCUT2D eigenvalue weighted by molar-refractivity contribution is 7.20. The minimum atomic E-state index is -1.10. The summed E-state index contributed by atoms with van der Waals surface area (Å²) in [6.45, 7) is 1.42. The number of nitrogens with one attached hydrogen (secondary N) is 2. The first-order chi connectivity index (χ1) is 12.4. The van der Waals surface area contributed by atoms with Crippen LogP contribution in [0.4, 0.5) is 0 Å². The Kier molecular flexibility index (Phi) is 5.27. The molecule has 1 aliphatic rings.